The van der Waals surface area contributed by atoms with Crippen LogP contribution < -0.4 is 10.6 Å². The highest BCUT2D eigenvalue weighted by Crippen LogP contribution is 2.34. The van der Waals surface area contributed by atoms with Gasteiger partial charge in [-0.05, 0) is 25.7 Å². The van der Waals surface area contributed by atoms with Gasteiger partial charge in [-0.25, -0.2) is 9.97 Å². The highest BCUT2D eigenvalue weighted by molar-refractivity contribution is 5.49. The summed E-state index contributed by atoms with van der Waals surface area (Å²) in [5.74, 6) is 2.51. The van der Waals surface area contributed by atoms with Gasteiger partial charge in [0.2, 0.25) is 0 Å². The minimum Gasteiger partial charge on any atom is -0.394 e. The first kappa shape index (κ1) is 14.1. The molecule has 0 aromatic carbocycles. The molecule has 0 amide bonds. The lowest BCUT2D eigenvalue weighted by Gasteiger charge is -2.41. The predicted octanol–water partition coefficient (Wildman–Crippen LogP) is 2.19. The van der Waals surface area contributed by atoms with E-state index in [2.05, 4.69) is 27.5 Å². The van der Waals surface area contributed by atoms with Crippen LogP contribution in [0.4, 0.5) is 11.6 Å². The molecule has 1 heterocycles. The Morgan fingerprint density at radius 1 is 1.26 bits per heavy atom. The van der Waals surface area contributed by atoms with E-state index in [9.17, 15) is 5.11 Å². The summed E-state index contributed by atoms with van der Waals surface area (Å²) in [5.41, 5.74) is -0.165. The normalized spacial score (nSPS) is 16.8. The van der Waals surface area contributed by atoms with Gasteiger partial charge in [-0.2, -0.15) is 0 Å². The monoisotopic (exact) mass is 264 g/mol. The van der Waals surface area contributed by atoms with Gasteiger partial charge in [-0.3, -0.25) is 0 Å². The number of nitrogens with zero attached hydrogens (tertiary/aromatic N) is 2. The zero-order valence-corrected chi connectivity index (χ0v) is 11.9. The van der Waals surface area contributed by atoms with E-state index >= 15 is 0 Å². The van der Waals surface area contributed by atoms with Crippen LogP contribution in [0.1, 0.15) is 45.4 Å². The van der Waals surface area contributed by atoms with Crippen molar-refractivity contribution in [1.82, 2.24) is 9.97 Å². The molecule has 1 aliphatic carbocycles. The van der Waals surface area contributed by atoms with Crippen molar-refractivity contribution in [2.24, 2.45) is 0 Å². The summed E-state index contributed by atoms with van der Waals surface area (Å²) >= 11 is 0. The molecule has 19 heavy (non-hydrogen) atoms. The van der Waals surface area contributed by atoms with E-state index in [1.165, 1.54) is 6.42 Å². The number of anilines is 2. The smallest absolute Gasteiger partial charge is 0.132 e. The van der Waals surface area contributed by atoms with Crippen LogP contribution in [0.15, 0.2) is 6.07 Å². The SMILES string of the molecule is CCCNc1cc(NC2(CO)CCC2)nc(CC)n1. The van der Waals surface area contributed by atoms with E-state index < -0.39 is 0 Å². The molecule has 0 aliphatic heterocycles. The predicted molar refractivity (Wildman–Crippen MR) is 77.5 cm³/mol. The Morgan fingerprint density at radius 2 is 2.00 bits per heavy atom. The van der Waals surface area contributed by atoms with E-state index in [1.54, 1.807) is 0 Å². The molecular formula is C14H24N4O. The summed E-state index contributed by atoms with van der Waals surface area (Å²) in [6, 6.07) is 1.94. The van der Waals surface area contributed by atoms with E-state index in [0.29, 0.717) is 0 Å². The molecule has 3 N–H and O–H groups in total. The van der Waals surface area contributed by atoms with Crippen molar-refractivity contribution in [1.29, 1.82) is 0 Å². The molecule has 1 aromatic heterocycles. The average molecular weight is 264 g/mol. The van der Waals surface area contributed by atoms with E-state index in [-0.39, 0.29) is 12.1 Å². The first-order valence-electron chi connectivity index (χ1n) is 7.22. The number of aliphatic hydroxyl groups is 1. The summed E-state index contributed by atoms with van der Waals surface area (Å²) in [5, 5.41) is 16.2. The second kappa shape index (κ2) is 6.19. The third-order valence-corrected chi connectivity index (χ3v) is 3.65. The molecule has 0 bridgehead atoms. The van der Waals surface area contributed by atoms with Gasteiger partial charge in [0, 0.05) is 19.0 Å². The average Bonchev–Trinajstić information content (AvgIpc) is 2.40. The molecule has 0 radical (unpaired) electrons. The molecule has 1 aliphatic rings. The van der Waals surface area contributed by atoms with Gasteiger partial charge in [0.05, 0.1) is 12.1 Å². The molecule has 106 valence electrons. The fourth-order valence-corrected chi connectivity index (χ4v) is 2.26. The molecule has 5 nitrogen and oxygen atoms in total. The van der Waals surface area contributed by atoms with Crippen molar-refractivity contribution >= 4 is 11.6 Å². The summed E-state index contributed by atoms with van der Waals surface area (Å²) < 4.78 is 0. The van der Waals surface area contributed by atoms with E-state index in [4.69, 9.17) is 0 Å². The van der Waals surface area contributed by atoms with Crippen molar-refractivity contribution in [2.75, 3.05) is 23.8 Å². The molecule has 1 fully saturated rings. The van der Waals surface area contributed by atoms with Crippen LogP contribution >= 0.6 is 0 Å². The van der Waals surface area contributed by atoms with Gasteiger partial charge >= 0.3 is 0 Å². The van der Waals surface area contributed by atoms with Crippen molar-refractivity contribution in [3.05, 3.63) is 11.9 Å². The fourth-order valence-electron chi connectivity index (χ4n) is 2.26. The Labute approximate surface area is 114 Å². The lowest BCUT2D eigenvalue weighted by molar-refractivity contribution is 0.144. The first-order chi connectivity index (χ1) is 9.21. The van der Waals surface area contributed by atoms with Crippen molar-refractivity contribution in [3.63, 3.8) is 0 Å². The molecule has 0 spiro atoms. The molecular weight excluding hydrogens is 240 g/mol. The van der Waals surface area contributed by atoms with Crippen molar-refractivity contribution < 1.29 is 5.11 Å². The topological polar surface area (TPSA) is 70.1 Å². The van der Waals surface area contributed by atoms with Crippen LogP contribution in [0, 0.1) is 0 Å². The fraction of sp³-hybridized carbons (Fsp3) is 0.714. The van der Waals surface area contributed by atoms with Gasteiger partial charge in [0.25, 0.3) is 0 Å². The Kier molecular flexibility index (Phi) is 4.58. The first-order valence-corrected chi connectivity index (χ1v) is 7.22. The van der Waals surface area contributed by atoms with Gasteiger partial charge in [-0.1, -0.05) is 13.8 Å². The second-order valence-electron chi connectivity index (χ2n) is 5.25. The Morgan fingerprint density at radius 3 is 2.53 bits per heavy atom. The van der Waals surface area contributed by atoms with Crippen LogP contribution in [0.25, 0.3) is 0 Å². The molecule has 0 saturated heterocycles. The summed E-state index contributed by atoms with van der Waals surface area (Å²) in [6.45, 7) is 5.25. The lowest BCUT2D eigenvalue weighted by Crippen LogP contribution is -2.48. The maximum Gasteiger partial charge on any atom is 0.132 e. The quantitative estimate of drug-likeness (QED) is 0.704. The number of aliphatic hydroxyl groups excluding tert-OH is 1. The van der Waals surface area contributed by atoms with Gasteiger partial charge in [-0.15, -0.1) is 0 Å². The van der Waals surface area contributed by atoms with Crippen LogP contribution in [-0.2, 0) is 6.42 Å². The minimum atomic E-state index is -0.165. The Balaban J connectivity index is 2.14. The lowest BCUT2D eigenvalue weighted by atomic mass is 9.77. The summed E-state index contributed by atoms with van der Waals surface area (Å²) in [7, 11) is 0. The number of rotatable bonds is 7. The van der Waals surface area contributed by atoms with E-state index in [1.807, 2.05) is 13.0 Å². The largest absolute Gasteiger partial charge is 0.394 e. The molecule has 5 heteroatoms. The maximum absolute atomic E-state index is 9.51. The summed E-state index contributed by atoms with van der Waals surface area (Å²) in [6.07, 6.45) is 5.05. The maximum atomic E-state index is 9.51. The summed E-state index contributed by atoms with van der Waals surface area (Å²) in [4.78, 5) is 8.97. The van der Waals surface area contributed by atoms with Crippen molar-refractivity contribution in [3.8, 4) is 0 Å². The number of hydrogen-bond donors (Lipinski definition) is 3. The molecule has 1 saturated carbocycles. The third-order valence-electron chi connectivity index (χ3n) is 3.65. The molecule has 0 unspecified atom stereocenters. The molecule has 1 aromatic rings. The molecule has 0 atom stereocenters. The van der Waals surface area contributed by atoms with Crippen LogP contribution in [0.2, 0.25) is 0 Å². The zero-order valence-electron chi connectivity index (χ0n) is 11.9. The number of aromatic nitrogens is 2. The Bertz CT molecular complexity index is 412. The number of nitrogens with one attached hydrogen (secondary N) is 2. The van der Waals surface area contributed by atoms with Crippen LogP contribution in [0.3, 0.4) is 0 Å². The zero-order chi connectivity index (χ0) is 13.7. The van der Waals surface area contributed by atoms with Crippen LogP contribution in [-0.4, -0.2) is 33.8 Å². The Hall–Kier alpha value is -1.36. The van der Waals surface area contributed by atoms with Gasteiger partial charge in [0.15, 0.2) is 0 Å². The standard InChI is InChI=1S/C14H24N4O/c1-3-8-15-12-9-13(17-11(4-2)16-12)18-14(10-19)6-5-7-14/h9,19H,3-8,10H2,1-2H3,(H2,15,16,17,18). The second-order valence-corrected chi connectivity index (χ2v) is 5.25. The molecule has 2 rings (SSSR count). The van der Waals surface area contributed by atoms with Gasteiger partial charge < -0.3 is 15.7 Å². The third kappa shape index (κ3) is 3.35. The number of hydrogen-bond acceptors (Lipinski definition) is 5. The van der Waals surface area contributed by atoms with Gasteiger partial charge in [0.1, 0.15) is 17.5 Å². The minimum absolute atomic E-state index is 0.163. The number of aryl methyl sites for hydroxylation is 1. The highest BCUT2D eigenvalue weighted by atomic mass is 16.3. The van der Waals surface area contributed by atoms with Crippen molar-refractivity contribution in [2.45, 2.75) is 51.5 Å². The van der Waals surface area contributed by atoms with E-state index in [0.717, 1.165) is 49.7 Å². The van der Waals surface area contributed by atoms with Crippen LogP contribution in [0.5, 0.6) is 0 Å². The highest BCUT2D eigenvalue weighted by Gasteiger charge is 2.36.